The number of carbonyl (C=O) groups excluding carboxylic acids is 1. The molecular formula is C20H21N3O2. The summed E-state index contributed by atoms with van der Waals surface area (Å²) in [6.07, 6.45) is 0.707. The van der Waals surface area contributed by atoms with Crippen LogP contribution in [0.1, 0.15) is 29.0 Å². The molecule has 0 aliphatic rings. The Kier molecular flexibility index (Phi) is 4.93. The summed E-state index contributed by atoms with van der Waals surface area (Å²) in [5.41, 5.74) is 5.05. The molecule has 1 amide bonds. The number of aromatic nitrogens is 2. The zero-order valence-corrected chi connectivity index (χ0v) is 14.7. The van der Waals surface area contributed by atoms with Crippen molar-refractivity contribution in [2.24, 2.45) is 0 Å². The maximum Gasteiger partial charge on any atom is 0.247 e. The first kappa shape index (κ1) is 16.9. The minimum absolute atomic E-state index is 0.0670. The number of hydrogen-bond acceptors (Lipinski definition) is 4. The Labute approximate surface area is 147 Å². The molecule has 1 aromatic heterocycles. The summed E-state index contributed by atoms with van der Waals surface area (Å²) >= 11 is 0. The van der Waals surface area contributed by atoms with E-state index in [4.69, 9.17) is 4.42 Å². The van der Waals surface area contributed by atoms with Crippen LogP contribution in [0, 0.1) is 20.8 Å². The van der Waals surface area contributed by atoms with Crippen LogP contribution in [-0.4, -0.2) is 16.1 Å². The predicted octanol–water partition coefficient (Wildman–Crippen LogP) is 4.23. The van der Waals surface area contributed by atoms with E-state index in [9.17, 15) is 4.79 Å². The Hall–Kier alpha value is -2.95. The van der Waals surface area contributed by atoms with Gasteiger partial charge in [0.25, 0.3) is 0 Å². The number of rotatable bonds is 5. The molecule has 5 nitrogen and oxygen atoms in total. The Balaban J connectivity index is 1.60. The molecule has 0 unspecified atom stereocenters. The second-order valence-corrected chi connectivity index (χ2v) is 6.18. The van der Waals surface area contributed by atoms with E-state index in [-0.39, 0.29) is 5.91 Å². The van der Waals surface area contributed by atoms with Crippen LogP contribution in [-0.2, 0) is 11.2 Å². The van der Waals surface area contributed by atoms with Crippen LogP contribution in [0.4, 0.5) is 5.69 Å². The van der Waals surface area contributed by atoms with Gasteiger partial charge in [-0.2, -0.15) is 0 Å². The molecule has 3 aromatic rings. The van der Waals surface area contributed by atoms with Crippen molar-refractivity contribution in [2.75, 3.05) is 5.32 Å². The number of carbonyl (C=O) groups is 1. The normalized spacial score (nSPS) is 10.7. The van der Waals surface area contributed by atoms with E-state index in [1.165, 1.54) is 5.56 Å². The lowest BCUT2D eigenvalue weighted by atomic mass is 10.1. The minimum Gasteiger partial charge on any atom is -0.421 e. The third-order valence-electron chi connectivity index (χ3n) is 4.06. The van der Waals surface area contributed by atoms with Crippen molar-refractivity contribution in [3.63, 3.8) is 0 Å². The molecule has 1 heterocycles. The monoisotopic (exact) mass is 335 g/mol. The van der Waals surface area contributed by atoms with Gasteiger partial charge in [0.2, 0.25) is 17.7 Å². The molecule has 0 aliphatic heterocycles. The molecule has 1 N–H and O–H groups in total. The molecule has 0 saturated heterocycles. The predicted molar refractivity (Wildman–Crippen MR) is 97.3 cm³/mol. The van der Waals surface area contributed by atoms with Crippen LogP contribution in [0.15, 0.2) is 46.9 Å². The molecule has 0 fully saturated rings. The van der Waals surface area contributed by atoms with Crippen LogP contribution >= 0.6 is 0 Å². The van der Waals surface area contributed by atoms with Crippen molar-refractivity contribution in [2.45, 2.75) is 33.6 Å². The molecular weight excluding hydrogens is 314 g/mol. The molecule has 25 heavy (non-hydrogen) atoms. The fourth-order valence-corrected chi connectivity index (χ4v) is 2.66. The number of hydrogen-bond donors (Lipinski definition) is 1. The van der Waals surface area contributed by atoms with Gasteiger partial charge < -0.3 is 9.73 Å². The quantitative estimate of drug-likeness (QED) is 0.757. The average Bonchev–Trinajstić information content (AvgIpc) is 3.05. The summed E-state index contributed by atoms with van der Waals surface area (Å²) in [5, 5.41) is 11.1. The van der Waals surface area contributed by atoms with Crippen LogP contribution in [0.2, 0.25) is 0 Å². The Bertz CT molecular complexity index is 899. The van der Waals surface area contributed by atoms with E-state index in [1.807, 2.05) is 63.2 Å². The summed E-state index contributed by atoms with van der Waals surface area (Å²) < 4.78 is 5.69. The molecule has 0 atom stereocenters. The summed E-state index contributed by atoms with van der Waals surface area (Å²) in [6.45, 7) is 6.01. The Morgan fingerprint density at radius 1 is 1.04 bits per heavy atom. The van der Waals surface area contributed by atoms with Crippen molar-refractivity contribution >= 4 is 11.6 Å². The lowest BCUT2D eigenvalue weighted by molar-refractivity contribution is -0.116. The number of benzene rings is 2. The molecule has 5 heteroatoms. The maximum atomic E-state index is 12.2. The zero-order valence-electron chi connectivity index (χ0n) is 14.7. The van der Waals surface area contributed by atoms with Gasteiger partial charge in [-0.15, -0.1) is 10.2 Å². The topological polar surface area (TPSA) is 68.0 Å². The molecule has 0 aliphatic carbocycles. The van der Waals surface area contributed by atoms with Gasteiger partial charge in [0.1, 0.15) is 0 Å². The SMILES string of the molecule is Cc1ccc(NC(=O)CCc2nnc(-c3ccccc3C)o2)c(C)c1. The molecule has 128 valence electrons. The summed E-state index contributed by atoms with van der Waals surface area (Å²) in [5.74, 6) is 0.888. The van der Waals surface area contributed by atoms with Gasteiger partial charge in [0, 0.05) is 24.1 Å². The molecule has 2 aromatic carbocycles. The fourth-order valence-electron chi connectivity index (χ4n) is 2.66. The second kappa shape index (κ2) is 7.30. The first-order chi connectivity index (χ1) is 12.0. The van der Waals surface area contributed by atoms with Crippen molar-refractivity contribution in [3.8, 4) is 11.5 Å². The average molecular weight is 335 g/mol. The van der Waals surface area contributed by atoms with Gasteiger partial charge in [-0.05, 0) is 44.0 Å². The van der Waals surface area contributed by atoms with E-state index in [1.54, 1.807) is 0 Å². The number of amides is 1. The van der Waals surface area contributed by atoms with Gasteiger partial charge >= 0.3 is 0 Å². The molecule has 0 radical (unpaired) electrons. The van der Waals surface area contributed by atoms with Gasteiger partial charge in [-0.25, -0.2) is 0 Å². The lowest BCUT2D eigenvalue weighted by Crippen LogP contribution is -2.13. The highest BCUT2D eigenvalue weighted by atomic mass is 16.4. The largest absolute Gasteiger partial charge is 0.421 e. The van der Waals surface area contributed by atoms with Crippen molar-refractivity contribution in [3.05, 3.63) is 65.0 Å². The molecule has 0 saturated carbocycles. The standard InChI is InChI=1S/C20H21N3O2/c1-13-8-9-17(15(3)12-13)21-18(24)10-11-19-22-23-20(25-19)16-7-5-4-6-14(16)2/h4-9,12H,10-11H2,1-3H3,(H,21,24). The number of nitrogens with one attached hydrogen (secondary N) is 1. The lowest BCUT2D eigenvalue weighted by Gasteiger charge is -2.08. The number of aryl methyl sites for hydroxylation is 4. The van der Waals surface area contributed by atoms with Crippen molar-refractivity contribution in [1.29, 1.82) is 0 Å². The summed E-state index contributed by atoms with van der Waals surface area (Å²) in [6, 6.07) is 13.8. The number of anilines is 1. The van der Waals surface area contributed by atoms with E-state index in [0.29, 0.717) is 24.6 Å². The van der Waals surface area contributed by atoms with Crippen molar-refractivity contribution in [1.82, 2.24) is 10.2 Å². The van der Waals surface area contributed by atoms with Crippen LogP contribution < -0.4 is 5.32 Å². The second-order valence-electron chi connectivity index (χ2n) is 6.18. The fraction of sp³-hybridized carbons (Fsp3) is 0.250. The summed E-state index contributed by atoms with van der Waals surface area (Å²) in [7, 11) is 0. The molecule has 0 bridgehead atoms. The Morgan fingerprint density at radius 3 is 2.60 bits per heavy atom. The Morgan fingerprint density at radius 2 is 1.84 bits per heavy atom. The highest BCUT2D eigenvalue weighted by Gasteiger charge is 2.12. The number of nitrogens with zero attached hydrogens (tertiary/aromatic N) is 2. The molecule has 0 spiro atoms. The van der Waals surface area contributed by atoms with E-state index >= 15 is 0 Å². The first-order valence-electron chi connectivity index (χ1n) is 8.28. The van der Waals surface area contributed by atoms with E-state index in [2.05, 4.69) is 15.5 Å². The minimum atomic E-state index is -0.0670. The first-order valence-corrected chi connectivity index (χ1v) is 8.28. The van der Waals surface area contributed by atoms with E-state index in [0.717, 1.165) is 22.4 Å². The van der Waals surface area contributed by atoms with Gasteiger partial charge in [-0.1, -0.05) is 35.9 Å². The maximum absolute atomic E-state index is 12.2. The zero-order chi connectivity index (χ0) is 17.8. The van der Waals surface area contributed by atoms with Gasteiger partial charge in [0.05, 0.1) is 0 Å². The van der Waals surface area contributed by atoms with Gasteiger partial charge in [0.15, 0.2) is 0 Å². The van der Waals surface area contributed by atoms with Gasteiger partial charge in [-0.3, -0.25) is 4.79 Å². The summed E-state index contributed by atoms with van der Waals surface area (Å²) in [4.78, 5) is 12.2. The van der Waals surface area contributed by atoms with Crippen LogP contribution in [0.3, 0.4) is 0 Å². The van der Waals surface area contributed by atoms with E-state index < -0.39 is 0 Å². The highest BCUT2D eigenvalue weighted by molar-refractivity contribution is 5.91. The third-order valence-corrected chi connectivity index (χ3v) is 4.06. The smallest absolute Gasteiger partial charge is 0.247 e. The van der Waals surface area contributed by atoms with Crippen LogP contribution in [0.25, 0.3) is 11.5 Å². The highest BCUT2D eigenvalue weighted by Crippen LogP contribution is 2.22. The molecule has 3 rings (SSSR count). The van der Waals surface area contributed by atoms with Crippen molar-refractivity contribution < 1.29 is 9.21 Å². The third kappa shape index (κ3) is 4.12. The van der Waals surface area contributed by atoms with Crippen LogP contribution in [0.5, 0.6) is 0 Å².